The monoisotopic (exact) mass is 437 g/mol. The zero-order chi connectivity index (χ0) is 20.8. The van der Waals surface area contributed by atoms with Gasteiger partial charge in [0.05, 0.1) is 20.0 Å². The van der Waals surface area contributed by atoms with E-state index in [0.29, 0.717) is 49.0 Å². The lowest BCUT2D eigenvalue weighted by Crippen LogP contribution is -2.48. The summed E-state index contributed by atoms with van der Waals surface area (Å²) in [4.78, 5) is 28.1. The summed E-state index contributed by atoms with van der Waals surface area (Å²) < 4.78 is 11.3. The molecule has 0 radical (unpaired) electrons. The summed E-state index contributed by atoms with van der Waals surface area (Å²) in [7, 11) is 4.72. The number of carbonyl (C=O) groups excluding carboxylic acids is 2. The fraction of sp³-hybridized carbons (Fsp3) is 0.444. The van der Waals surface area contributed by atoms with E-state index in [1.54, 1.807) is 39.5 Å². The maximum absolute atomic E-state index is 12.8. The minimum atomic E-state index is -0.0472. The highest BCUT2D eigenvalue weighted by Gasteiger charge is 2.25. The molecule has 1 aromatic heterocycles. The van der Waals surface area contributed by atoms with Crippen molar-refractivity contribution in [1.82, 2.24) is 20.4 Å². The van der Waals surface area contributed by atoms with Crippen LogP contribution < -0.4 is 19.7 Å². The summed E-state index contributed by atoms with van der Waals surface area (Å²) >= 11 is 2.83. The van der Waals surface area contributed by atoms with E-state index in [4.69, 9.17) is 9.47 Å². The second-order valence-corrected chi connectivity index (χ2v) is 8.34. The topological polar surface area (TPSA) is 96.9 Å². The maximum atomic E-state index is 12.8. The maximum Gasteiger partial charge on any atom is 0.254 e. The van der Waals surface area contributed by atoms with Gasteiger partial charge in [0, 0.05) is 38.8 Å². The fourth-order valence-electron chi connectivity index (χ4n) is 2.84. The van der Waals surface area contributed by atoms with Gasteiger partial charge in [-0.25, -0.2) is 0 Å². The Hall–Kier alpha value is -2.53. The van der Waals surface area contributed by atoms with Gasteiger partial charge in [-0.3, -0.25) is 9.59 Å². The van der Waals surface area contributed by atoms with Gasteiger partial charge < -0.3 is 24.6 Å². The Morgan fingerprint density at radius 2 is 1.86 bits per heavy atom. The van der Waals surface area contributed by atoms with E-state index in [1.807, 2.05) is 4.90 Å². The number of carbonyl (C=O) groups is 2. The molecule has 156 valence electrons. The zero-order valence-corrected chi connectivity index (χ0v) is 18.1. The third kappa shape index (κ3) is 5.10. The molecule has 2 heterocycles. The quantitative estimate of drug-likeness (QED) is 0.649. The van der Waals surface area contributed by atoms with Crippen LogP contribution in [0.1, 0.15) is 10.4 Å². The van der Waals surface area contributed by atoms with Gasteiger partial charge in [0.2, 0.25) is 11.0 Å². The molecular weight excluding hydrogens is 414 g/mol. The predicted octanol–water partition coefficient (Wildman–Crippen LogP) is 1.36. The van der Waals surface area contributed by atoms with Gasteiger partial charge in [-0.15, -0.1) is 10.2 Å². The summed E-state index contributed by atoms with van der Waals surface area (Å²) in [5, 5.41) is 11.7. The van der Waals surface area contributed by atoms with E-state index >= 15 is 0 Å². The Kier molecular flexibility index (Phi) is 7.15. The molecule has 0 saturated carbocycles. The van der Waals surface area contributed by atoms with Crippen LogP contribution in [0.3, 0.4) is 0 Å². The van der Waals surface area contributed by atoms with Crippen LogP contribution in [0.4, 0.5) is 5.13 Å². The molecule has 0 bridgehead atoms. The largest absolute Gasteiger partial charge is 0.493 e. The molecule has 1 N–H and O–H groups in total. The first kappa shape index (κ1) is 21.2. The molecule has 1 fully saturated rings. The number of aromatic nitrogens is 2. The first-order valence-corrected chi connectivity index (χ1v) is 10.8. The number of piperazine rings is 1. The number of thioether (sulfide) groups is 1. The number of benzene rings is 1. The number of ether oxygens (including phenoxy) is 2. The molecule has 3 rings (SSSR count). The Morgan fingerprint density at radius 1 is 1.14 bits per heavy atom. The Morgan fingerprint density at radius 3 is 2.52 bits per heavy atom. The van der Waals surface area contributed by atoms with Crippen LogP contribution in [0.25, 0.3) is 0 Å². The van der Waals surface area contributed by atoms with Crippen LogP contribution in [0.15, 0.2) is 22.5 Å². The van der Waals surface area contributed by atoms with E-state index in [-0.39, 0.29) is 11.8 Å². The third-order valence-corrected chi connectivity index (χ3v) is 6.59. The van der Waals surface area contributed by atoms with Gasteiger partial charge in [0.1, 0.15) is 0 Å². The van der Waals surface area contributed by atoms with Crippen LogP contribution in [0, 0.1) is 0 Å². The van der Waals surface area contributed by atoms with Gasteiger partial charge in [0.25, 0.3) is 5.91 Å². The van der Waals surface area contributed by atoms with E-state index in [0.717, 1.165) is 9.47 Å². The van der Waals surface area contributed by atoms with E-state index in [2.05, 4.69) is 20.4 Å². The summed E-state index contributed by atoms with van der Waals surface area (Å²) in [5.74, 6) is 1.36. The van der Waals surface area contributed by atoms with Gasteiger partial charge in [-0.2, -0.15) is 0 Å². The van der Waals surface area contributed by atoms with Crippen molar-refractivity contribution in [3.63, 3.8) is 0 Å². The number of anilines is 1. The molecule has 2 amide bonds. The second kappa shape index (κ2) is 9.79. The minimum Gasteiger partial charge on any atom is -0.493 e. The molecular formula is C18H23N5O4S2. The second-order valence-electron chi connectivity index (χ2n) is 6.16. The summed E-state index contributed by atoms with van der Waals surface area (Å²) in [6, 6.07) is 5.19. The number of hydrogen-bond donors (Lipinski definition) is 1. The molecule has 0 spiro atoms. The lowest BCUT2D eigenvalue weighted by molar-refractivity contribution is -0.118. The summed E-state index contributed by atoms with van der Waals surface area (Å²) in [6.07, 6.45) is 0. The van der Waals surface area contributed by atoms with Crippen molar-refractivity contribution >= 4 is 40.0 Å². The molecule has 0 atom stereocenters. The predicted molar refractivity (Wildman–Crippen MR) is 112 cm³/mol. The van der Waals surface area contributed by atoms with Crippen LogP contribution in [0.2, 0.25) is 0 Å². The van der Waals surface area contributed by atoms with Crippen molar-refractivity contribution in [2.75, 3.05) is 58.1 Å². The van der Waals surface area contributed by atoms with Crippen LogP contribution in [0.5, 0.6) is 11.5 Å². The average Bonchev–Trinajstić information content (AvgIpc) is 3.25. The van der Waals surface area contributed by atoms with E-state index < -0.39 is 0 Å². The lowest BCUT2D eigenvalue weighted by atomic mass is 10.1. The van der Waals surface area contributed by atoms with Crippen molar-refractivity contribution < 1.29 is 19.1 Å². The molecule has 29 heavy (non-hydrogen) atoms. The number of nitrogens with zero attached hydrogens (tertiary/aromatic N) is 4. The highest BCUT2D eigenvalue weighted by molar-refractivity contribution is 8.01. The molecule has 1 aromatic carbocycles. The van der Waals surface area contributed by atoms with E-state index in [1.165, 1.54) is 23.1 Å². The molecule has 11 heteroatoms. The average molecular weight is 438 g/mol. The van der Waals surface area contributed by atoms with Crippen molar-refractivity contribution in [2.45, 2.75) is 4.34 Å². The number of methoxy groups -OCH3 is 2. The summed E-state index contributed by atoms with van der Waals surface area (Å²) in [5.41, 5.74) is 0.569. The van der Waals surface area contributed by atoms with E-state index in [9.17, 15) is 9.59 Å². The van der Waals surface area contributed by atoms with Gasteiger partial charge in [-0.1, -0.05) is 23.1 Å². The van der Waals surface area contributed by atoms with Gasteiger partial charge >= 0.3 is 0 Å². The standard InChI is InChI=1S/C18H23N5O4S2/c1-19-15(24)11-28-18-21-20-17(29-18)23-8-6-22(7-9-23)16(25)12-4-5-13(26-2)14(10-12)27-3/h4-5,10H,6-9,11H2,1-3H3,(H,19,24). The lowest BCUT2D eigenvalue weighted by Gasteiger charge is -2.34. The normalized spacial score (nSPS) is 13.9. The summed E-state index contributed by atoms with van der Waals surface area (Å²) in [6.45, 7) is 2.53. The molecule has 9 nitrogen and oxygen atoms in total. The van der Waals surface area contributed by atoms with Crippen molar-refractivity contribution in [3.8, 4) is 11.5 Å². The van der Waals surface area contributed by atoms with Crippen molar-refractivity contribution in [2.24, 2.45) is 0 Å². The molecule has 0 aliphatic carbocycles. The highest BCUT2D eigenvalue weighted by atomic mass is 32.2. The fourth-order valence-corrected chi connectivity index (χ4v) is 4.61. The Balaban J connectivity index is 1.57. The third-order valence-electron chi connectivity index (χ3n) is 4.47. The molecule has 2 aromatic rings. The van der Waals surface area contributed by atoms with Crippen molar-refractivity contribution in [1.29, 1.82) is 0 Å². The van der Waals surface area contributed by atoms with Crippen LogP contribution in [-0.2, 0) is 4.79 Å². The van der Waals surface area contributed by atoms with Gasteiger partial charge in [-0.05, 0) is 18.2 Å². The SMILES string of the molecule is CNC(=O)CSc1nnc(N2CCN(C(=O)c3ccc(OC)c(OC)c3)CC2)s1. The van der Waals surface area contributed by atoms with Crippen LogP contribution >= 0.6 is 23.1 Å². The molecule has 1 saturated heterocycles. The molecule has 1 aliphatic heterocycles. The smallest absolute Gasteiger partial charge is 0.254 e. The van der Waals surface area contributed by atoms with Crippen LogP contribution in [-0.4, -0.2) is 80.1 Å². The zero-order valence-electron chi connectivity index (χ0n) is 16.5. The molecule has 1 aliphatic rings. The Bertz CT molecular complexity index is 868. The number of amides is 2. The number of rotatable bonds is 7. The highest BCUT2D eigenvalue weighted by Crippen LogP contribution is 2.30. The molecule has 0 unspecified atom stereocenters. The first-order valence-electron chi connectivity index (χ1n) is 8.98. The van der Waals surface area contributed by atoms with Gasteiger partial charge in [0.15, 0.2) is 15.8 Å². The Labute approximate surface area is 177 Å². The number of nitrogens with one attached hydrogen (secondary N) is 1. The van der Waals surface area contributed by atoms with Crippen molar-refractivity contribution in [3.05, 3.63) is 23.8 Å². The minimum absolute atomic E-state index is 0.0373. The first-order chi connectivity index (χ1) is 14.0. The number of hydrogen-bond acceptors (Lipinski definition) is 9.